The average Bonchev–Trinajstić information content (AvgIpc) is 3.49. The van der Waals surface area contributed by atoms with E-state index in [4.69, 9.17) is 4.74 Å². The molecule has 186 valence electrons. The van der Waals surface area contributed by atoms with Crippen molar-refractivity contribution in [2.24, 2.45) is 5.92 Å². The molecule has 4 rings (SSSR count). The fourth-order valence-corrected chi connectivity index (χ4v) is 5.80. The van der Waals surface area contributed by atoms with Gasteiger partial charge in [-0.25, -0.2) is 0 Å². The molecule has 1 amide bonds. The Labute approximate surface area is 208 Å². The van der Waals surface area contributed by atoms with Crippen LogP contribution in [-0.4, -0.2) is 59.7 Å². The van der Waals surface area contributed by atoms with Gasteiger partial charge in [0, 0.05) is 24.5 Å². The van der Waals surface area contributed by atoms with Crippen molar-refractivity contribution in [2.75, 3.05) is 32.8 Å². The predicted octanol–water partition coefficient (Wildman–Crippen LogP) is 5.25. The van der Waals surface area contributed by atoms with Crippen LogP contribution in [0.2, 0.25) is 0 Å². The van der Waals surface area contributed by atoms with Crippen LogP contribution in [0.15, 0.2) is 35.7 Å². The van der Waals surface area contributed by atoms with Crippen molar-refractivity contribution in [3.63, 3.8) is 0 Å². The minimum atomic E-state index is -0.366. The van der Waals surface area contributed by atoms with E-state index in [1.807, 2.05) is 17.0 Å². The number of hydrogen-bond donors (Lipinski definition) is 1. The van der Waals surface area contributed by atoms with E-state index < -0.39 is 0 Å². The van der Waals surface area contributed by atoms with Crippen LogP contribution in [0.4, 0.5) is 0 Å². The third-order valence-electron chi connectivity index (χ3n) is 7.03. The van der Waals surface area contributed by atoms with Crippen molar-refractivity contribution in [3.05, 3.63) is 51.7 Å². The van der Waals surface area contributed by atoms with Gasteiger partial charge in [0.05, 0.1) is 18.7 Å². The SMILES string of the molecule is CCC[C@@H](O)CN(CC(=O)N1CCc2sccc2[C@H]1COc1ccc(C(C)C)cc1)CC1CC1. The normalized spacial score (nSPS) is 18.9. The number of amides is 1. The number of aliphatic hydroxyl groups excluding tert-OH is 1. The van der Waals surface area contributed by atoms with E-state index in [1.54, 1.807) is 11.3 Å². The van der Waals surface area contributed by atoms with Gasteiger partial charge in [-0.05, 0) is 72.2 Å². The standard InChI is InChI=1S/C28H40N2O3S/c1-4-5-23(31)17-29(16-21-6-7-21)18-28(32)30-14-12-27-25(13-15-34-27)26(30)19-33-24-10-8-22(9-11-24)20(2)3/h8-11,13,15,20-21,23,26,31H,4-7,12,14,16-19H2,1-3H3/t23-,26-/m1/s1. The molecule has 0 saturated heterocycles. The number of benzene rings is 1. The molecule has 1 aromatic heterocycles. The lowest BCUT2D eigenvalue weighted by Crippen LogP contribution is -2.48. The maximum atomic E-state index is 13.6. The smallest absolute Gasteiger partial charge is 0.237 e. The van der Waals surface area contributed by atoms with Gasteiger partial charge >= 0.3 is 0 Å². The summed E-state index contributed by atoms with van der Waals surface area (Å²) in [6, 6.07) is 10.4. The van der Waals surface area contributed by atoms with Crippen LogP contribution in [0.25, 0.3) is 0 Å². The highest BCUT2D eigenvalue weighted by Crippen LogP contribution is 2.35. The summed E-state index contributed by atoms with van der Waals surface area (Å²) in [7, 11) is 0. The lowest BCUT2D eigenvalue weighted by molar-refractivity contribution is -0.136. The van der Waals surface area contributed by atoms with E-state index in [2.05, 4.69) is 49.3 Å². The molecule has 6 heteroatoms. The zero-order valence-electron chi connectivity index (χ0n) is 20.9. The molecule has 1 aliphatic carbocycles. The molecule has 2 aromatic rings. The molecule has 2 atom stereocenters. The van der Waals surface area contributed by atoms with Crippen molar-refractivity contribution in [1.82, 2.24) is 9.80 Å². The zero-order chi connectivity index (χ0) is 24.1. The summed E-state index contributed by atoms with van der Waals surface area (Å²) in [5, 5.41) is 12.5. The summed E-state index contributed by atoms with van der Waals surface area (Å²) < 4.78 is 6.22. The highest BCUT2D eigenvalue weighted by atomic mass is 32.1. The Morgan fingerprint density at radius 3 is 2.68 bits per heavy atom. The number of aliphatic hydroxyl groups is 1. The number of nitrogens with zero attached hydrogens (tertiary/aromatic N) is 2. The summed E-state index contributed by atoms with van der Waals surface area (Å²) in [4.78, 5) is 19.1. The largest absolute Gasteiger partial charge is 0.491 e. The maximum Gasteiger partial charge on any atom is 0.237 e. The third-order valence-corrected chi connectivity index (χ3v) is 8.03. The highest BCUT2D eigenvalue weighted by molar-refractivity contribution is 7.10. The lowest BCUT2D eigenvalue weighted by atomic mass is 10.00. The van der Waals surface area contributed by atoms with Crippen molar-refractivity contribution in [2.45, 2.75) is 70.9 Å². The van der Waals surface area contributed by atoms with E-state index in [0.29, 0.717) is 31.5 Å². The number of thiophene rings is 1. The first-order chi connectivity index (χ1) is 16.4. The van der Waals surface area contributed by atoms with E-state index >= 15 is 0 Å². The molecule has 2 aliphatic rings. The molecule has 1 aromatic carbocycles. The third kappa shape index (κ3) is 6.61. The van der Waals surface area contributed by atoms with Gasteiger partial charge in [-0.1, -0.05) is 39.3 Å². The quantitative estimate of drug-likeness (QED) is 0.447. The molecule has 5 nitrogen and oxygen atoms in total. The molecule has 0 spiro atoms. The summed E-state index contributed by atoms with van der Waals surface area (Å²) in [6.07, 6.45) is 4.75. The molecule has 1 fully saturated rings. The summed E-state index contributed by atoms with van der Waals surface area (Å²) in [5.41, 5.74) is 2.52. The van der Waals surface area contributed by atoms with Gasteiger partial charge in [0.25, 0.3) is 0 Å². The predicted molar refractivity (Wildman–Crippen MR) is 139 cm³/mol. The van der Waals surface area contributed by atoms with Gasteiger partial charge in [-0.3, -0.25) is 9.69 Å². The van der Waals surface area contributed by atoms with E-state index in [9.17, 15) is 9.90 Å². The van der Waals surface area contributed by atoms with Crippen LogP contribution in [0, 0.1) is 5.92 Å². The molecule has 2 heterocycles. The molecule has 0 unspecified atom stereocenters. The summed E-state index contributed by atoms with van der Waals surface area (Å²) in [6.45, 7) is 9.51. The van der Waals surface area contributed by atoms with Crippen LogP contribution >= 0.6 is 11.3 Å². The number of carbonyl (C=O) groups excluding carboxylic acids is 1. The van der Waals surface area contributed by atoms with Gasteiger partial charge in [0.1, 0.15) is 12.4 Å². The van der Waals surface area contributed by atoms with Crippen molar-refractivity contribution >= 4 is 17.2 Å². The Kier molecular flexibility index (Phi) is 8.67. The molecule has 0 bridgehead atoms. The minimum absolute atomic E-state index is 0.0735. The Bertz CT molecular complexity index is 922. The first kappa shape index (κ1) is 25.2. The summed E-state index contributed by atoms with van der Waals surface area (Å²) >= 11 is 1.78. The molecule has 1 N–H and O–H groups in total. The number of carbonyl (C=O) groups is 1. The Balaban J connectivity index is 1.44. The average molecular weight is 485 g/mol. The topological polar surface area (TPSA) is 53.0 Å². The molecular weight excluding hydrogens is 444 g/mol. The summed E-state index contributed by atoms with van der Waals surface area (Å²) in [5.74, 6) is 2.16. The molecule has 34 heavy (non-hydrogen) atoms. The highest BCUT2D eigenvalue weighted by Gasteiger charge is 2.34. The van der Waals surface area contributed by atoms with E-state index in [1.165, 1.54) is 28.8 Å². The maximum absolute atomic E-state index is 13.6. The van der Waals surface area contributed by atoms with Crippen molar-refractivity contribution < 1.29 is 14.6 Å². The van der Waals surface area contributed by atoms with Gasteiger partial charge < -0.3 is 14.7 Å². The fraction of sp³-hybridized carbons (Fsp3) is 0.607. The van der Waals surface area contributed by atoms with Gasteiger partial charge in [0.2, 0.25) is 5.91 Å². The second-order valence-electron chi connectivity index (χ2n) is 10.3. The lowest BCUT2D eigenvalue weighted by Gasteiger charge is -2.37. The molecule has 1 aliphatic heterocycles. The van der Waals surface area contributed by atoms with Crippen LogP contribution in [0.5, 0.6) is 5.75 Å². The van der Waals surface area contributed by atoms with Gasteiger partial charge in [-0.2, -0.15) is 0 Å². The van der Waals surface area contributed by atoms with Crippen LogP contribution in [0.1, 0.15) is 74.4 Å². The minimum Gasteiger partial charge on any atom is -0.491 e. The second-order valence-corrected chi connectivity index (χ2v) is 11.3. The first-order valence-electron chi connectivity index (χ1n) is 12.9. The van der Waals surface area contributed by atoms with Gasteiger partial charge in [-0.15, -0.1) is 11.3 Å². The van der Waals surface area contributed by atoms with E-state index in [-0.39, 0.29) is 18.1 Å². The monoisotopic (exact) mass is 484 g/mol. The molecule has 0 radical (unpaired) electrons. The number of fused-ring (bicyclic) bond motifs is 1. The second kappa shape index (κ2) is 11.7. The number of ether oxygens (including phenoxy) is 1. The molecule has 1 saturated carbocycles. The zero-order valence-corrected chi connectivity index (χ0v) is 21.7. The Hall–Kier alpha value is -1.89. The van der Waals surface area contributed by atoms with E-state index in [0.717, 1.165) is 38.1 Å². The molecular formula is C28H40N2O3S. The van der Waals surface area contributed by atoms with Crippen LogP contribution in [-0.2, 0) is 11.2 Å². The van der Waals surface area contributed by atoms with Gasteiger partial charge in [0.15, 0.2) is 0 Å². The fourth-order valence-electron chi connectivity index (χ4n) is 4.87. The first-order valence-corrected chi connectivity index (χ1v) is 13.8. The Morgan fingerprint density at radius 2 is 2.00 bits per heavy atom. The van der Waals surface area contributed by atoms with Crippen molar-refractivity contribution in [3.8, 4) is 5.75 Å². The number of hydrogen-bond acceptors (Lipinski definition) is 5. The number of rotatable bonds is 12. The van der Waals surface area contributed by atoms with Crippen LogP contribution in [0.3, 0.4) is 0 Å². The Morgan fingerprint density at radius 1 is 1.24 bits per heavy atom. The van der Waals surface area contributed by atoms with Crippen LogP contribution < -0.4 is 4.74 Å². The van der Waals surface area contributed by atoms with Crippen molar-refractivity contribution in [1.29, 1.82) is 0 Å².